The largest absolute Gasteiger partial charge is 0.433 e. The van der Waals surface area contributed by atoms with Gasteiger partial charge in [-0.25, -0.2) is 4.98 Å². The zero-order valence-electron chi connectivity index (χ0n) is 14.7. The zero-order valence-corrected chi connectivity index (χ0v) is 15.5. The van der Waals surface area contributed by atoms with Crippen LogP contribution in [0.25, 0.3) is 0 Å². The van der Waals surface area contributed by atoms with Crippen molar-refractivity contribution < 1.29 is 18.0 Å². The van der Waals surface area contributed by atoms with Gasteiger partial charge in [0.1, 0.15) is 11.3 Å². The van der Waals surface area contributed by atoms with Crippen LogP contribution in [-0.2, 0) is 11.0 Å². The maximum absolute atomic E-state index is 13.1. The van der Waals surface area contributed by atoms with Gasteiger partial charge in [-0.1, -0.05) is 11.3 Å². The molecule has 1 saturated heterocycles. The van der Waals surface area contributed by atoms with Crippen molar-refractivity contribution >= 4 is 34.1 Å². The van der Waals surface area contributed by atoms with Gasteiger partial charge in [-0.2, -0.15) is 18.2 Å². The molecule has 146 valence electrons. The summed E-state index contributed by atoms with van der Waals surface area (Å²) >= 11 is 1.23. The Bertz CT molecular complexity index is 789. The molecule has 0 bridgehead atoms. The van der Waals surface area contributed by atoms with Crippen molar-refractivity contribution in [3.63, 3.8) is 0 Å². The van der Waals surface area contributed by atoms with Crippen molar-refractivity contribution in [2.45, 2.75) is 19.0 Å². The minimum atomic E-state index is -4.55. The summed E-state index contributed by atoms with van der Waals surface area (Å²) in [4.78, 5) is 23.4. The molecule has 3 rings (SSSR count). The Labute approximate surface area is 157 Å². The summed E-state index contributed by atoms with van der Waals surface area (Å²) in [6.07, 6.45) is -3.58. The van der Waals surface area contributed by atoms with E-state index in [0.29, 0.717) is 31.1 Å². The van der Waals surface area contributed by atoms with Gasteiger partial charge in [0.15, 0.2) is 5.69 Å². The Morgan fingerprint density at radius 3 is 2.56 bits per heavy atom. The lowest BCUT2D eigenvalue weighted by Gasteiger charge is -2.31. The van der Waals surface area contributed by atoms with Crippen LogP contribution in [0.15, 0.2) is 11.6 Å². The van der Waals surface area contributed by atoms with Gasteiger partial charge in [0.05, 0.1) is 0 Å². The molecule has 27 heavy (non-hydrogen) atoms. The van der Waals surface area contributed by atoms with Gasteiger partial charge in [0, 0.05) is 39.2 Å². The molecule has 1 aliphatic rings. The number of carbonyl (C=O) groups excluding carboxylic acids is 1. The summed E-state index contributed by atoms with van der Waals surface area (Å²) < 4.78 is 39.4. The SMILES string of the molecule is CN(C)c1cc(C(F)(F)F)nc(N2CCC(C(=O)Nc3nncs3)CC2)n1. The van der Waals surface area contributed by atoms with Crippen LogP contribution in [0.3, 0.4) is 0 Å². The number of halogens is 3. The number of rotatable bonds is 4. The second-order valence-corrected chi connectivity index (χ2v) is 7.13. The van der Waals surface area contributed by atoms with Crippen molar-refractivity contribution in [1.82, 2.24) is 20.2 Å². The molecule has 0 saturated carbocycles. The molecule has 2 aromatic heterocycles. The molecule has 2 aromatic rings. The molecule has 1 N–H and O–H groups in total. The predicted octanol–water partition coefficient (Wildman–Crippen LogP) is 2.27. The first kappa shape index (κ1) is 19.3. The fraction of sp³-hybridized carbons (Fsp3) is 0.533. The lowest BCUT2D eigenvalue weighted by atomic mass is 9.96. The summed E-state index contributed by atoms with van der Waals surface area (Å²) in [5.74, 6) is -0.199. The highest BCUT2D eigenvalue weighted by atomic mass is 32.1. The van der Waals surface area contributed by atoms with E-state index in [1.54, 1.807) is 19.0 Å². The quantitative estimate of drug-likeness (QED) is 0.841. The van der Waals surface area contributed by atoms with Gasteiger partial charge >= 0.3 is 6.18 Å². The van der Waals surface area contributed by atoms with E-state index in [0.717, 1.165) is 6.07 Å². The van der Waals surface area contributed by atoms with Crippen LogP contribution >= 0.6 is 11.3 Å². The van der Waals surface area contributed by atoms with Crippen molar-refractivity contribution in [3.05, 3.63) is 17.3 Å². The number of anilines is 3. The zero-order chi connectivity index (χ0) is 19.6. The highest BCUT2D eigenvalue weighted by Crippen LogP contribution is 2.32. The monoisotopic (exact) mass is 401 g/mol. The minimum absolute atomic E-state index is 0.0245. The molecule has 1 fully saturated rings. The van der Waals surface area contributed by atoms with E-state index in [-0.39, 0.29) is 23.6 Å². The highest BCUT2D eigenvalue weighted by Gasteiger charge is 2.35. The fourth-order valence-corrected chi connectivity index (χ4v) is 3.16. The van der Waals surface area contributed by atoms with Crippen LogP contribution in [0.4, 0.5) is 30.1 Å². The van der Waals surface area contributed by atoms with Crippen molar-refractivity contribution in [1.29, 1.82) is 0 Å². The molecule has 0 aromatic carbocycles. The van der Waals surface area contributed by atoms with Gasteiger partial charge < -0.3 is 15.1 Å². The Kier molecular flexibility index (Phi) is 5.44. The molecular weight excluding hydrogens is 383 g/mol. The summed E-state index contributed by atoms with van der Waals surface area (Å²) in [7, 11) is 3.24. The van der Waals surface area contributed by atoms with E-state index in [1.165, 1.54) is 21.7 Å². The predicted molar refractivity (Wildman–Crippen MR) is 94.8 cm³/mol. The van der Waals surface area contributed by atoms with Gasteiger partial charge in [0.25, 0.3) is 0 Å². The maximum atomic E-state index is 13.1. The molecule has 0 atom stereocenters. The number of nitrogens with one attached hydrogen (secondary N) is 1. The number of nitrogens with zero attached hydrogens (tertiary/aromatic N) is 6. The first-order valence-electron chi connectivity index (χ1n) is 8.19. The standard InChI is InChI=1S/C15H18F3N7OS/c1-24(2)11-7-10(15(16,17)18)20-13(21-11)25-5-3-9(4-6-25)12(26)22-14-23-19-8-27-14/h7-9H,3-6H2,1-2H3,(H,22,23,26). The van der Waals surface area contributed by atoms with Crippen LogP contribution in [0, 0.1) is 5.92 Å². The van der Waals surface area contributed by atoms with Gasteiger partial charge in [-0.3, -0.25) is 4.79 Å². The molecule has 8 nitrogen and oxygen atoms in total. The van der Waals surface area contributed by atoms with E-state index in [4.69, 9.17) is 0 Å². The third-order valence-electron chi connectivity index (χ3n) is 4.19. The van der Waals surface area contributed by atoms with Gasteiger partial charge in [0.2, 0.25) is 17.0 Å². The Morgan fingerprint density at radius 1 is 1.30 bits per heavy atom. The summed E-state index contributed by atoms with van der Waals surface area (Å²) in [5, 5.41) is 10.6. The molecule has 0 unspecified atom stereocenters. The Hall–Kier alpha value is -2.50. The Balaban J connectivity index is 1.70. The van der Waals surface area contributed by atoms with E-state index in [1.807, 2.05) is 0 Å². The second kappa shape index (κ2) is 7.62. The molecule has 12 heteroatoms. The lowest BCUT2D eigenvalue weighted by molar-refractivity contribution is -0.141. The molecule has 0 aliphatic carbocycles. The molecule has 3 heterocycles. The van der Waals surface area contributed by atoms with Crippen LogP contribution in [0.5, 0.6) is 0 Å². The van der Waals surface area contributed by atoms with Crippen molar-refractivity contribution in [2.24, 2.45) is 5.92 Å². The highest BCUT2D eigenvalue weighted by molar-refractivity contribution is 7.13. The number of amides is 1. The van der Waals surface area contributed by atoms with Crippen LogP contribution in [-0.4, -0.2) is 53.3 Å². The summed E-state index contributed by atoms with van der Waals surface area (Å²) in [6, 6.07) is 0.922. The van der Waals surface area contributed by atoms with E-state index < -0.39 is 11.9 Å². The van der Waals surface area contributed by atoms with E-state index in [9.17, 15) is 18.0 Å². The summed E-state index contributed by atoms with van der Waals surface area (Å²) in [5.41, 5.74) is 0.540. The van der Waals surface area contributed by atoms with Crippen LogP contribution in [0.1, 0.15) is 18.5 Å². The molecule has 0 radical (unpaired) electrons. The van der Waals surface area contributed by atoms with E-state index in [2.05, 4.69) is 25.5 Å². The first-order valence-corrected chi connectivity index (χ1v) is 9.07. The number of aromatic nitrogens is 4. The normalized spacial score (nSPS) is 15.7. The van der Waals surface area contributed by atoms with Crippen molar-refractivity contribution in [2.75, 3.05) is 42.3 Å². The van der Waals surface area contributed by atoms with Crippen molar-refractivity contribution in [3.8, 4) is 0 Å². The van der Waals surface area contributed by atoms with Gasteiger partial charge in [-0.05, 0) is 12.8 Å². The Morgan fingerprint density at radius 2 is 2.00 bits per heavy atom. The minimum Gasteiger partial charge on any atom is -0.363 e. The third kappa shape index (κ3) is 4.62. The number of hydrogen-bond acceptors (Lipinski definition) is 8. The average molecular weight is 401 g/mol. The smallest absolute Gasteiger partial charge is 0.363 e. The summed E-state index contributed by atoms with van der Waals surface area (Å²) in [6.45, 7) is 0.783. The second-order valence-electron chi connectivity index (χ2n) is 6.30. The maximum Gasteiger partial charge on any atom is 0.433 e. The average Bonchev–Trinajstić information content (AvgIpc) is 3.13. The molecule has 1 amide bonds. The number of piperidine rings is 1. The van der Waals surface area contributed by atoms with Crippen LogP contribution in [0.2, 0.25) is 0 Å². The van der Waals surface area contributed by atoms with E-state index >= 15 is 0 Å². The molecule has 0 spiro atoms. The number of alkyl halides is 3. The molecular formula is C15H18F3N7OS. The topological polar surface area (TPSA) is 87.1 Å². The first-order chi connectivity index (χ1) is 12.7. The lowest BCUT2D eigenvalue weighted by Crippen LogP contribution is -2.39. The molecule has 1 aliphatic heterocycles. The number of carbonyl (C=O) groups is 1. The van der Waals surface area contributed by atoms with Gasteiger partial charge in [-0.15, -0.1) is 10.2 Å². The van der Waals surface area contributed by atoms with Crippen LogP contribution < -0.4 is 15.1 Å². The third-order valence-corrected chi connectivity index (χ3v) is 4.79. The number of hydrogen-bond donors (Lipinski definition) is 1. The fourth-order valence-electron chi connectivity index (χ4n) is 2.71.